The zero-order chi connectivity index (χ0) is 13.0. The normalized spacial score (nSPS) is 12.4. The number of halogens is 1. The van der Waals surface area contributed by atoms with Crippen molar-refractivity contribution in [3.05, 3.63) is 48.0 Å². The minimum Gasteiger partial charge on any atom is -0.487 e. The second-order valence-corrected chi connectivity index (χ2v) is 4.29. The van der Waals surface area contributed by atoms with E-state index in [1.807, 2.05) is 16.9 Å². The molecule has 0 aliphatic heterocycles. The summed E-state index contributed by atoms with van der Waals surface area (Å²) in [4.78, 5) is 0. The molecule has 0 aliphatic rings. The fourth-order valence-corrected chi connectivity index (χ4v) is 1.60. The largest absolute Gasteiger partial charge is 0.487 e. The molecule has 96 valence electrons. The number of hydrogen-bond donors (Lipinski definition) is 0. The van der Waals surface area contributed by atoms with Crippen molar-refractivity contribution >= 4 is 0 Å². The van der Waals surface area contributed by atoms with Crippen molar-refractivity contribution < 1.29 is 9.13 Å². The van der Waals surface area contributed by atoms with Crippen molar-refractivity contribution in [3.63, 3.8) is 0 Å². The van der Waals surface area contributed by atoms with Crippen molar-refractivity contribution in [2.45, 2.75) is 32.9 Å². The first kappa shape index (κ1) is 12.6. The Kier molecular flexibility index (Phi) is 3.97. The second kappa shape index (κ2) is 5.67. The van der Waals surface area contributed by atoms with Gasteiger partial charge in [0, 0.05) is 18.3 Å². The van der Waals surface area contributed by atoms with Gasteiger partial charge in [0.05, 0.1) is 5.69 Å². The van der Waals surface area contributed by atoms with Gasteiger partial charge >= 0.3 is 0 Å². The number of aromatic nitrogens is 2. The van der Waals surface area contributed by atoms with Crippen LogP contribution in [-0.4, -0.2) is 9.78 Å². The van der Waals surface area contributed by atoms with Crippen LogP contribution in [0.5, 0.6) is 5.75 Å². The van der Waals surface area contributed by atoms with Gasteiger partial charge in [-0.1, -0.05) is 13.0 Å². The average Bonchev–Trinajstić information content (AvgIpc) is 2.84. The van der Waals surface area contributed by atoms with E-state index in [1.54, 1.807) is 12.1 Å². The maximum atomic E-state index is 12.9. The monoisotopic (exact) mass is 248 g/mol. The maximum absolute atomic E-state index is 12.9. The molecular weight excluding hydrogens is 231 g/mol. The van der Waals surface area contributed by atoms with E-state index < -0.39 is 0 Å². The highest BCUT2D eigenvalue weighted by Crippen LogP contribution is 2.14. The van der Waals surface area contributed by atoms with Gasteiger partial charge in [-0.3, -0.25) is 4.68 Å². The smallest absolute Gasteiger partial charge is 0.132 e. The molecule has 2 aromatic rings. The van der Waals surface area contributed by atoms with Crippen LogP contribution in [-0.2, 0) is 6.61 Å². The molecule has 1 atom stereocenters. The molecule has 1 aromatic heterocycles. The molecule has 0 bridgehead atoms. The van der Waals surface area contributed by atoms with Gasteiger partial charge in [-0.15, -0.1) is 0 Å². The highest BCUT2D eigenvalue weighted by molar-refractivity contribution is 5.22. The van der Waals surface area contributed by atoms with Crippen LogP contribution in [0.1, 0.15) is 32.0 Å². The fraction of sp³-hybridized carbons (Fsp3) is 0.357. The Morgan fingerprint density at radius 1 is 1.39 bits per heavy atom. The Labute approximate surface area is 106 Å². The molecule has 1 aromatic carbocycles. The van der Waals surface area contributed by atoms with E-state index in [4.69, 9.17) is 4.74 Å². The topological polar surface area (TPSA) is 27.1 Å². The lowest BCUT2D eigenvalue weighted by Crippen LogP contribution is -2.05. The molecular formula is C14H17FN2O. The number of hydrogen-bond acceptors (Lipinski definition) is 2. The number of benzene rings is 1. The quantitative estimate of drug-likeness (QED) is 0.808. The summed E-state index contributed by atoms with van der Waals surface area (Å²) in [6.07, 6.45) is 2.98. The number of nitrogens with zero attached hydrogens (tertiary/aromatic N) is 2. The van der Waals surface area contributed by atoms with Gasteiger partial charge in [-0.25, -0.2) is 4.39 Å². The van der Waals surface area contributed by atoms with E-state index in [0.29, 0.717) is 18.4 Å². The van der Waals surface area contributed by atoms with Gasteiger partial charge in [-0.05, 0) is 31.5 Å². The number of ether oxygens (including phenoxy) is 1. The van der Waals surface area contributed by atoms with Crippen LogP contribution in [0.2, 0.25) is 0 Å². The van der Waals surface area contributed by atoms with Crippen molar-refractivity contribution in [2.24, 2.45) is 0 Å². The number of rotatable bonds is 5. The van der Waals surface area contributed by atoms with Gasteiger partial charge in [0.1, 0.15) is 18.2 Å². The summed E-state index contributed by atoms with van der Waals surface area (Å²) >= 11 is 0. The SMILES string of the molecule is CCC(C)n1ccc(COc2cccc(F)c2)n1. The average molecular weight is 248 g/mol. The Morgan fingerprint density at radius 3 is 2.94 bits per heavy atom. The maximum Gasteiger partial charge on any atom is 0.132 e. The fourth-order valence-electron chi connectivity index (χ4n) is 1.60. The molecule has 1 unspecified atom stereocenters. The van der Waals surface area contributed by atoms with Crippen LogP contribution in [0.15, 0.2) is 36.5 Å². The molecule has 0 amide bonds. The van der Waals surface area contributed by atoms with Crippen molar-refractivity contribution in [2.75, 3.05) is 0 Å². The third-order valence-electron chi connectivity index (χ3n) is 2.89. The third kappa shape index (κ3) is 3.09. The lowest BCUT2D eigenvalue weighted by atomic mass is 10.3. The predicted molar refractivity (Wildman–Crippen MR) is 68.0 cm³/mol. The summed E-state index contributed by atoms with van der Waals surface area (Å²) < 4.78 is 20.4. The van der Waals surface area contributed by atoms with Gasteiger partial charge in [0.2, 0.25) is 0 Å². The molecule has 18 heavy (non-hydrogen) atoms. The van der Waals surface area contributed by atoms with Crippen LogP contribution in [0.3, 0.4) is 0 Å². The first-order chi connectivity index (χ1) is 8.69. The molecule has 4 heteroatoms. The Balaban J connectivity index is 1.96. The van der Waals surface area contributed by atoms with Gasteiger partial charge in [0.25, 0.3) is 0 Å². The third-order valence-corrected chi connectivity index (χ3v) is 2.89. The zero-order valence-electron chi connectivity index (χ0n) is 10.6. The van der Waals surface area contributed by atoms with E-state index in [0.717, 1.165) is 12.1 Å². The van der Waals surface area contributed by atoms with Crippen LogP contribution in [0, 0.1) is 5.82 Å². The van der Waals surface area contributed by atoms with Crippen LogP contribution in [0.25, 0.3) is 0 Å². The van der Waals surface area contributed by atoms with Gasteiger partial charge in [-0.2, -0.15) is 5.10 Å². The molecule has 0 saturated heterocycles. The van der Waals surface area contributed by atoms with Crippen LogP contribution >= 0.6 is 0 Å². The summed E-state index contributed by atoms with van der Waals surface area (Å²) in [7, 11) is 0. The molecule has 2 rings (SSSR count). The first-order valence-corrected chi connectivity index (χ1v) is 6.11. The Morgan fingerprint density at radius 2 is 2.22 bits per heavy atom. The summed E-state index contributed by atoms with van der Waals surface area (Å²) in [5, 5.41) is 4.42. The minimum atomic E-state index is -0.294. The van der Waals surface area contributed by atoms with E-state index in [9.17, 15) is 4.39 Å². The summed E-state index contributed by atoms with van der Waals surface area (Å²) in [5.41, 5.74) is 0.847. The highest BCUT2D eigenvalue weighted by atomic mass is 19.1. The molecule has 0 aliphatic carbocycles. The molecule has 0 radical (unpaired) electrons. The van der Waals surface area contributed by atoms with E-state index in [-0.39, 0.29) is 5.82 Å². The zero-order valence-corrected chi connectivity index (χ0v) is 10.6. The van der Waals surface area contributed by atoms with Crippen molar-refractivity contribution in [1.29, 1.82) is 0 Å². The molecule has 0 spiro atoms. The lowest BCUT2D eigenvalue weighted by molar-refractivity contribution is 0.296. The van der Waals surface area contributed by atoms with Gasteiger partial charge < -0.3 is 4.74 Å². The molecule has 1 heterocycles. The van der Waals surface area contributed by atoms with Crippen molar-refractivity contribution in [3.8, 4) is 5.75 Å². The van der Waals surface area contributed by atoms with Crippen LogP contribution in [0.4, 0.5) is 4.39 Å². The highest BCUT2D eigenvalue weighted by Gasteiger charge is 2.05. The van der Waals surface area contributed by atoms with E-state index in [2.05, 4.69) is 18.9 Å². The standard InChI is InChI=1S/C14H17FN2O/c1-3-11(2)17-8-7-13(16-17)10-18-14-6-4-5-12(15)9-14/h4-9,11H,3,10H2,1-2H3. The predicted octanol–water partition coefficient (Wildman–Crippen LogP) is 3.57. The minimum absolute atomic E-state index is 0.294. The summed E-state index contributed by atoms with van der Waals surface area (Å²) in [6, 6.07) is 8.42. The van der Waals surface area contributed by atoms with Gasteiger partial charge in [0.15, 0.2) is 0 Å². The van der Waals surface area contributed by atoms with Crippen molar-refractivity contribution in [1.82, 2.24) is 9.78 Å². The lowest BCUT2D eigenvalue weighted by Gasteiger charge is -2.08. The van der Waals surface area contributed by atoms with E-state index in [1.165, 1.54) is 12.1 Å². The summed E-state index contributed by atoms with van der Waals surface area (Å²) in [5.74, 6) is 0.228. The molecule has 0 saturated carbocycles. The molecule has 3 nitrogen and oxygen atoms in total. The van der Waals surface area contributed by atoms with Crippen LogP contribution < -0.4 is 4.74 Å². The second-order valence-electron chi connectivity index (χ2n) is 4.29. The Bertz CT molecular complexity index is 510. The first-order valence-electron chi connectivity index (χ1n) is 6.11. The Hall–Kier alpha value is -1.84. The summed E-state index contributed by atoms with van der Waals surface area (Å²) in [6.45, 7) is 4.59. The van der Waals surface area contributed by atoms with E-state index >= 15 is 0 Å². The molecule has 0 N–H and O–H groups in total. The molecule has 0 fully saturated rings.